The summed E-state index contributed by atoms with van der Waals surface area (Å²) < 4.78 is 16.3. The van der Waals surface area contributed by atoms with Gasteiger partial charge >= 0.3 is 0 Å². The van der Waals surface area contributed by atoms with Crippen LogP contribution < -0.4 is 19.5 Å². The smallest absolute Gasteiger partial charge is 0.203 e. The van der Waals surface area contributed by atoms with Gasteiger partial charge in [0.25, 0.3) is 0 Å². The summed E-state index contributed by atoms with van der Waals surface area (Å²) in [5, 5.41) is 6.68. The molecule has 1 aromatic carbocycles. The van der Waals surface area contributed by atoms with Crippen LogP contribution in [0.3, 0.4) is 0 Å². The van der Waals surface area contributed by atoms with E-state index < -0.39 is 0 Å². The summed E-state index contributed by atoms with van der Waals surface area (Å²) in [5.74, 6) is 3.22. The van der Waals surface area contributed by atoms with E-state index in [1.165, 1.54) is 5.56 Å². The van der Waals surface area contributed by atoms with Gasteiger partial charge in [-0.1, -0.05) is 13.3 Å². The van der Waals surface area contributed by atoms with Gasteiger partial charge in [0.1, 0.15) is 10.6 Å². The van der Waals surface area contributed by atoms with Gasteiger partial charge in [0.15, 0.2) is 17.3 Å². The van der Waals surface area contributed by atoms with E-state index in [1.54, 1.807) is 32.7 Å². The molecule has 0 amide bonds. The molecule has 0 unspecified atom stereocenters. The zero-order chi connectivity index (χ0) is 19.4. The Morgan fingerprint density at radius 3 is 2.33 bits per heavy atom. The summed E-state index contributed by atoms with van der Waals surface area (Å²) in [6, 6.07) is 3.75. The highest BCUT2D eigenvalue weighted by atomic mass is 32.1. The summed E-state index contributed by atoms with van der Waals surface area (Å²) in [4.78, 5) is 10.6. The first kappa shape index (κ1) is 19.2. The largest absolute Gasteiger partial charge is 0.493 e. The molecule has 2 aromatic heterocycles. The van der Waals surface area contributed by atoms with E-state index >= 15 is 0 Å². The molecule has 0 aliphatic heterocycles. The highest BCUT2D eigenvalue weighted by Crippen LogP contribution is 2.41. The lowest BCUT2D eigenvalue weighted by atomic mass is 10.1. The number of hydrogen-bond acceptors (Lipinski definition) is 7. The van der Waals surface area contributed by atoms with Crippen LogP contribution in [-0.2, 0) is 0 Å². The van der Waals surface area contributed by atoms with E-state index in [1.807, 2.05) is 12.1 Å². The molecule has 0 aliphatic carbocycles. The highest BCUT2D eigenvalue weighted by molar-refractivity contribution is 7.17. The molecule has 0 saturated heterocycles. The van der Waals surface area contributed by atoms with Gasteiger partial charge in [-0.3, -0.25) is 0 Å². The molecule has 3 rings (SSSR count). The number of aryl methyl sites for hydroxylation is 1. The fraction of sp³-hybridized carbons (Fsp3) is 0.400. The van der Waals surface area contributed by atoms with Crippen molar-refractivity contribution in [2.24, 2.45) is 0 Å². The second kappa shape index (κ2) is 8.43. The van der Waals surface area contributed by atoms with E-state index in [2.05, 4.69) is 24.5 Å². The maximum absolute atomic E-state index is 5.47. The van der Waals surface area contributed by atoms with Crippen molar-refractivity contribution < 1.29 is 14.2 Å². The van der Waals surface area contributed by atoms with E-state index in [4.69, 9.17) is 24.2 Å². The number of methoxy groups -OCH3 is 3. The van der Waals surface area contributed by atoms with Gasteiger partial charge in [-0.25, -0.2) is 9.97 Å². The zero-order valence-corrected chi connectivity index (χ0v) is 17.2. The number of nitrogens with one attached hydrogen (secondary N) is 1. The third kappa shape index (κ3) is 3.78. The van der Waals surface area contributed by atoms with E-state index in [0.29, 0.717) is 23.1 Å². The van der Waals surface area contributed by atoms with Crippen molar-refractivity contribution in [2.45, 2.75) is 26.7 Å². The lowest BCUT2D eigenvalue weighted by molar-refractivity contribution is 0.324. The first-order valence-electron chi connectivity index (χ1n) is 8.93. The minimum Gasteiger partial charge on any atom is -0.493 e. The molecule has 2 heterocycles. The average molecular weight is 388 g/mol. The Balaban J connectivity index is 2.14. The molecule has 0 saturated carbocycles. The van der Waals surface area contributed by atoms with E-state index in [9.17, 15) is 0 Å². The SMILES string of the molecule is CCCCNc1nc(-c2cc(OC)c(OC)c(OC)c2)nc2scc(C)c12. The standard InChI is InChI=1S/C20H25N3O3S/c1-6-7-8-21-19-16-12(2)11-27-20(16)23-18(22-19)13-9-14(24-3)17(26-5)15(10-13)25-4/h9-11H,6-8H2,1-5H3,(H,21,22,23). The number of anilines is 1. The number of rotatable bonds is 8. The number of unbranched alkanes of at least 4 members (excludes halogenated alkanes) is 1. The van der Waals surface area contributed by atoms with E-state index in [-0.39, 0.29) is 0 Å². The Morgan fingerprint density at radius 1 is 1.04 bits per heavy atom. The zero-order valence-electron chi connectivity index (χ0n) is 16.4. The van der Waals surface area contributed by atoms with Gasteiger partial charge < -0.3 is 19.5 Å². The molecule has 7 heteroatoms. The van der Waals surface area contributed by atoms with Crippen LogP contribution in [0.2, 0.25) is 0 Å². The van der Waals surface area contributed by atoms with Crippen molar-refractivity contribution in [1.82, 2.24) is 9.97 Å². The fourth-order valence-electron chi connectivity index (χ4n) is 2.93. The van der Waals surface area contributed by atoms with Crippen LogP contribution in [0.1, 0.15) is 25.3 Å². The summed E-state index contributed by atoms with van der Waals surface area (Å²) in [6.07, 6.45) is 2.22. The molecule has 27 heavy (non-hydrogen) atoms. The quantitative estimate of drug-likeness (QED) is 0.554. The van der Waals surface area contributed by atoms with Crippen molar-refractivity contribution in [3.8, 4) is 28.6 Å². The van der Waals surface area contributed by atoms with Gasteiger partial charge in [0.05, 0.1) is 26.7 Å². The van der Waals surface area contributed by atoms with Crippen molar-refractivity contribution in [2.75, 3.05) is 33.2 Å². The molecule has 6 nitrogen and oxygen atoms in total. The number of hydrogen-bond donors (Lipinski definition) is 1. The lowest BCUT2D eigenvalue weighted by Crippen LogP contribution is -2.05. The molecule has 0 spiro atoms. The number of benzene rings is 1. The van der Waals surface area contributed by atoms with Crippen LogP contribution in [0.15, 0.2) is 17.5 Å². The molecule has 144 valence electrons. The molecule has 1 N–H and O–H groups in total. The van der Waals surface area contributed by atoms with Crippen molar-refractivity contribution >= 4 is 27.4 Å². The second-order valence-electron chi connectivity index (χ2n) is 6.19. The maximum atomic E-state index is 5.47. The fourth-order valence-corrected chi connectivity index (χ4v) is 3.86. The van der Waals surface area contributed by atoms with Crippen LogP contribution in [0.4, 0.5) is 5.82 Å². The van der Waals surface area contributed by atoms with Crippen LogP contribution >= 0.6 is 11.3 Å². The topological polar surface area (TPSA) is 65.5 Å². The number of ether oxygens (including phenoxy) is 3. The Hall–Kier alpha value is -2.54. The second-order valence-corrected chi connectivity index (χ2v) is 7.05. The average Bonchev–Trinajstić information content (AvgIpc) is 3.07. The van der Waals surface area contributed by atoms with Crippen molar-refractivity contribution in [1.29, 1.82) is 0 Å². The van der Waals surface area contributed by atoms with Gasteiger partial charge in [0.2, 0.25) is 5.75 Å². The Morgan fingerprint density at radius 2 is 1.74 bits per heavy atom. The Kier molecular flexibility index (Phi) is 6.01. The van der Waals surface area contributed by atoms with E-state index in [0.717, 1.165) is 41.0 Å². The minimum absolute atomic E-state index is 0.554. The number of aromatic nitrogens is 2. The Labute approximate surface area is 163 Å². The summed E-state index contributed by atoms with van der Waals surface area (Å²) in [5.41, 5.74) is 2.00. The first-order chi connectivity index (χ1) is 13.1. The predicted molar refractivity (Wildman–Crippen MR) is 111 cm³/mol. The molecule has 0 radical (unpaired) electrons. The molecule has 3 aromatic rings. The number of nitrogens with zero attached hydrogens (tertiary/aromatic N) is 2. The third-order valence-corrected chi connectivity index (χ3v) is 5.35. The van der Waals surface area contributed by atoms with Gasteiger partial charge in [-0.2, -0.15) is 0 Å². The molecule has 0 bridgehead atoms. The number of fused-ring (bicyclic) bond motifs is 1. The van der Waals surface area contributed by atoms with Crippen LogP contribution in [0.25, 0.3) is 21.6 Å². The third-order valence-electron chi connectivity index (χ3n) is 4.36. The van der Waals surface area contributed by atoms with Crippen LogP contribution in [0, 0.1) is 6.92 Å². The maximum Gasteiger partial charge on any atom is 0.203 e. The van der Waals surface area contributed by atoms with Gasteiger partial charge in [-0.05, 0) is 36.4 Å². The minimum atomic E-state index is 0.554. The van der Waals surface area contributed by atoms with Gasteiger partial charge in [-0.15, -0.1) is 11.3 Å². The first-order valence-corrected chi connectivity index (χ1v) is 9.81. The lowest BCUT2D eigenvalue weighted by Gasteiger charge is -2.14. The molecular weight excluding hydrogens is 362 g/mol. The predicted octanol–water partition coefficient (Wildman–Crippen LogP) is 4.90. The normalized spacial score (nSPS) is 10.9. The van der Waals surface area contributed by atoms with Gasteiger partial charge in [0, 0.05) is 12.1 Å². The van der Waals surface area contributed by atoms with Crippen molar-refractivity contribution in [3.05, 3.63) is 23.1 Å². The van der Waals surface area contributed by atoms with Crippen LogP contribution in [-0.4, -0.2) is 37.8 Å². The molecule has 0 aliphatic rings. The molecular formula is C20H25N3O3S. The summed E-state index contributed by atoms with van der Waals surface area (Å²) in [6.45, 7) is 5.15. The summed E-state index contributed by atoms with van der Waals surface area (Å²) in [7, 11) is 4.80. The summed E-state index contributed by atoms with van der Waals surface area (Å²) >= 11 is 1.63. The van der Waals surface area contributed by atoms with Crippen LogP contribution in [0.5, 0.6) is 17.2 Å². The monoisotopic (exact) mass is 387 g/mol. The molecule has 0 atom stereocenters. The van der Waals surface area contributed by atoms with Crippen molar-refractivity contribution in [3.63, 3.8) is 0 Å². The number of thiophene rings is 1. The highest BCUT2D eigenvalue weighted by Gasteiger charge is 2.18. The molecule has 0 fully saturated rings. The Bertz CT molecular complexity index is 915.